The van der Waals surface area contributed by atoms with Crippen LogP contribution in [0.25, 0.3) is 10.2 Å². The summed E-state index contributed by atoms with van der Waals surface area (Å²) in [5.41, 5.74) is 1.50. The number of para-hydroxylation sites is 1. The summed E-state index contributed by atoms with van der Waals surface area (Å²) in [5, 5.41) is 3.42. The lowest BCUT2D eigenvalue weighted by Gasteiger charge is -2.12. The summed E-state index contributed by atoms with van der Waals surface area (Å²) in [6.45, 7) is 0.0320. The molecule has 1 amide bonds. The van der Waals surface area contributed by atoms with Crippen molar-refractivity contribution in [2.24, 2.45) is 0 Å². The molecule has 1 aromatic heterocycles. The molecule has 0 aliphatic heterocycles. The Balaban J connectivity index is 1.51. The van der Waals surface area contributed by atoms with Crippen molar-refractivity contribution in [2.45, 2.75) is 10.4 Å². The largest absolute Gasteiger partial charge is 0.486 e. The van der Waals surface area contributed by atoms with Gasteiger partial charge >= 0.3 is 6.09 Å². The van der Waals surface area contributed by atoms with E-state index in [4.69, 9.17) is 44.3 Å². The molecular weight excluding hydrogens is 419 g/mol. The van der Waals surface area contributed by atoms with E-state index in [2.05, 4.69) is 10.3 Å². The molecule has 2 aromatic carbocycles. The number of rotatable bonds is 5. The number of aromatic nitrogens is 1. The van der Waals surface area contributed by atoms with Crippen molar-refractivity contribution >= 4 is 68.1 Å². The highest BCUT2D eigenvalue weighted by Gasteiger charge is 2.22. The molecule has 0 saturated heterocycles. The second kappa shape index (κ2) is 8.31. The number of anilines is 1. The molecule has 0 aliphatic rings. The van der Waals surface area contributed by atoms with Gasteiger partial charge in [-0.1, -0.05) is 46.9 Å². The van der Waals surface area contributed by atoms with E-state index in [0.717, 1.165) is 15.2 Å². The van der Waals surface area contributed by atoms with Crippen LogP contribution in [0.2, 0.25) is 0 Å². The summed E-state index contributed by atoms with van der Waals surface area (Å²) in [6.07, 6.45) is -0.709. The number of nitrogens with one attached hydrogen (secondary N) is 1. The van der Waals surface area contributed by atoms with Crippen LogP contribution in [0, 0.1) is 0 Å². The number of hydrogen-bond acceptors (Lipinski definition) is 5. The van der Waals surface area contributed by atoms with Crippen molar-refractivity contribution in [1.29, 1.82) is 0 Å². The van der Waals surface area contributed by atoms with Crippen LogP contribution in [0.3, 0.4) is 0 Å². The molecule has 0 unspecified atom stereocenters. The average Bonchev–Trinajstić information content (AvgIpc) is 3.02. The van der Waals surface area contributed by atoms with Crippen LogP contribution < -0.4 is 10.1 Å². The zero-order valence-corrected chi connectivity index (χ0v) is 16.3. The van der Waals surface area contributed by atoms with Crippen molar-refractivity contribution in [3.05, 3.63) is 53.5 Å². The molecule has 0 atom stereocenters. The van der Waals surface area contributed by atoms with E-state index in [1.165, 1.54) is 0 Å². The van der Waals surface area contributed by atoms with Crippen molar-refractivity contribution in [3.63, 3.8) is 0 Å². The smallest absolute Gasteiger partial charge is 0.411 e. The van der Waals surface area contributed by atoms with E-state index in [1.54, 1.807) is 35.6 Å². The second-order valence-electron chi connectivity index (χ2n) is 5.20. The van der Waals surface area contributed by atoms with Gasteiger partial charge in [-0.25, -0.2) is 9.78 Å². The summed E-state index contributed by atoms with van der Waals surface area (Å²) in [4.78, 5) is 16.1. The topological polar surface area (TPSA) is 60.5 Å². The van der Waals surface area contributed by atoms with Crippen molar-refractivity contribution in [2.75, 3.05) is 11.9 Å². The molecule has 0 aliphatic carbocycles. The molecule has 1 heterocycles. The van der Waals surface area contributed by atoms with Crippen LogP contribution in [-0.2, 0) is 11.3 Å². The monoisotopic (exact) mass is 430 g/mol. The van der Waals surface area contributed by atoms with E-state index in [1.807, 2.05) is 24.3 Å². The van der Waals surface area contributed by atoms with E-state index < -0.39 is 9.89 Å². The van der Waals surface area contributed by atoms with E-state index in [0.29, 0.717) is 18.0 Å². The number of nitrogens with zero attached hydrogens (tertiary/aromatic N) is 1. The maximum atomic E-state index is 11.6. The summed E-state index contributed by atoms with van der Waals surface area (Å²) in [7, 11) is 0. The third-order valence-electron chi connectivity index (χ3n) is 3.17. The minimum Gasteiger partial charge on any atom is -0.486 e. The van der Waals surface area contributed by atoms with Crippen LogP contribution >= 0.6 is 46.1 Å². The van der Waals surface area contributed by atoms with Crippen LogP contribution in [0.1, 0.15) is 5.01 Å². The fourth-order valence-electron chi connectivity index (χ4n) is 2.06. The van der Waals surface area contributed by atoms with Crippen molar-refractivity contribution < 1.29 is 14.3 Å². The number of carbonyl (C=O) groups is 1. The number of amides is 1. The molecule has 0 radical (unpaired) electrons. The van der Waals surface area contributed by atoms with Gasteiger partial charge in [0.05, 0.1) is 10.2 Å². The standard InChI is InChI=1S/C17H13Cl3N2O3S/c18-17(19,20)10-25-16(23)21-11-5-7-12(8-6-11)24-9-15-22-13-3-1-2-4-14(13)26-15/h1-8H,9-10H2,(H,21,23). The van der Waals surface area contributed by atoms with Gasteiger partial charge in [0.2, 0.25) is 3.79 Å². The van der Waals surface area contributed by atoms with Gasteiger partial charge < -0.3 is 9.47 Å². The van der Waals surface area contributed by atoms with Gasteiger partial charge in [-0.05, 0) is 36.4 Å². The number of hydrogen-bond donors (Lipinski definition) is 1. The van der Waals surface area contributed by atoms with Crippen LogP contribution in [-0.4, -0.2) is 21.5 Å². The number of benzene rings is 2. The molecular formula is C17H13Cl3N2O3S. The summed E-state index contributed by atoms with van der Waals surface area (Å²) >= 11 is 18.1. The highest BCUT2D eigenvalue weighted by molar-refractivity contribution is 7.18. The quantitative estimate of drug-likeness (QED) is 0.519. The molecule has 0 fully saturated rings. The minimum absolute atomic E-state index is 0.340. The second-order valence-corrected chi connectivity index (χ2v) is 8.84. The van der Waals surface area contributed by atoms with E-state index in [9.17, 15) is 4.79 Å². The Morgan fingerprint density at radius 3 is 2.54 bits per heavy atom. The zero-order chi connectivity index (χ0) is 18.6. The van der Waals surface area contributed by atoms with Crippen LogP contribution in [0.5, 0.6) is 5.75 Å². The Morgan fingerprint density at radius 2 is 1.85 bits per heavy atom. The maximum absolute atomic E-state index is 11.6. The summed E-state index contributed by atoms with van der Waals surface area (Å²) in [6, 6.07) is 14.8. The van der Waals surface area contributed by atoms with Gasteiger partial charge in [0.15, 0.2) is 0 Å². The molecule has 136 valence electrons. The predicted molar refractivity (Wildman–Crippen MR) is 106 cm³/mol. The lowest BCUT2D eigenvalue weighted by atomic mass is 10.3. The Hall–Kier alpha value is -1.73. The van der Waals surface area contributed by atoms with Crippen molar-refractivity contribution in [1.82, 2.24) is 4.98 Å². The molecule has 1 N–H and O–H groups in total. The maximum Gasteiger partial charge on any atom is 0.411 e. The summed E-state index contributed by atoms with van der Waals surface area (Å²) < 4.78 is 10.00. The highest BCUT2D eigenvalue weighted by Crippen LogP contribution is 2.26. The average molecular weight is 432 g/mol. The fraction of sp³-hybridized carbons (Fsp3) is 0.176. The number of halogens is 3. The lowest BCUT2D eigenvalue weighted by molar-refractivity contribution is 0.164. The molecule has 0 bridgehead atoms. The van der Waals surface area contributed by atoms with E-state index in [-0.39, 0.29) is 6.61 Å². The van der Waals surface area contributed by atoms with Gasteiger partial charge in [-0.3, -0.25) is 5.32 Å². The summed E-state index contributed by atoms with van der Waals surface area (Å²) in [5.74, 6) is 0.657. The molecule has 9 heteroatoms. The van der Waals surface area contributed by atoms with Gasteiger partial charge in [0, 0.05) is 5.69 Å². The molecule has 26 heavy (non-hydrogen) atoms. The van der Waals surface area contributed by atoms with Gasteiger partial charge in [0.25, 0.3) is 0 Å². The molecule has 5 nitrogen and oxygen atoms in total. The molecule has 3 rings (SSSR count). The Bertz CT molecular complexity index is 861. The van der Waals surface area contributed by atoms with E-state index >= 15 is 0 Å². The number of fused-ring (bicyclic) bond motifs is 1. The Labute approximate surface area is 168 Å². The normalized spacial score (nSPS) is 11.3. The Morgan fingerprint density at radius 1 is 1.12 bits per heavy atom. The number of carbonyl (C=O) groups excluding carboxylic acids is 1. The lowest BCUT2D eigenvalue weighted by Crippen LogP contribution is -2.21. The fourth-order valence-corrected chi connectivity index (χ4v) is 3.11. The molecule has 3 aromatic rings. The Kier molecular flexibility index (Phi) is 6.09. The number of ether oxygens (including phenoxy) is 2. The van der Waals surface area contributed by atoms with Gasteiger partial charge in [0.1, 0.15) is 24.0 Å². The van der Waals surface area contributed by atoms with Crippen LogP contribution in [0.4, 0.5) is 10.5 Å². The first-order valence-electron chi connectivity index (χ1n) is 7.47. The van der Waals surface area contributed by atoms with Gasteiger partial charge in [-0.15, -0.1) is 11.3 Å². The number of thiazole rings is 1. The van der Waals surface area contributed by atoms with Crippen molar-refractivity contribution in [3.8, 4) is 5.75 Å². The predicted octanol–water partition coefficient (Wildman–Crippen LogP) is 5.79. The van der Waals surface area contributed by atoms with Gasteiger partial charge in [-0.2, -0.15) is 0 Å². The third-order valence-corrected chi connectivity index (χ3v) is 4.51. The first kappa shape index (κ1) is 19.0. The SMILES string of the molecule is O=C(Nc1ccc(OCc2nc3ccccc3s2)cc1)OCC(Cl)(Cl)Cl. The first-order chi connectivity index (χ1) is 12.4. The molecule has 0 spiro atoms. The zero-order valence-electron chi connectivity index (χ0n) is 13.2. The first-order valence-corrected chi connectivity index (χ1v) is 9.42. The number of alkyl halides is 3. The minimum atomic E-state index is -1.64. The van der Waals surface area contributed by atoms with Crippen LogP contribution in [0.15, 0.2) is 48.5 Å². The highest BCUT2D eigenvalue weighted by atomic mass is 35.6. The third kappa shape index (κ3) is 5.64. The molecule has 0 saturated carbocycles.